The summed E-state index contributed by atoms with van der Waals surface area (Å²) in [5.74, 6) is -1.42. The van der Waals surface area contributed by atoms with Crippen molar-refractivity contribution >= 4 is 40.5 Å². The normalized spacial score (nSPS) is 10.4. The smallest absolute Gasteiger partial charge is 0.231 e. The monoisotopic (exact) mass is 323 g/mol. The number of carbonyl (C=O) groups is 2. The molecule has 1 aromatic heterocycles. The van der Waals surface area contributed by atoms with E-state index in [2.05, 4.69) is 10.3 Å². The molecule has 21 heavy (non-hydrogen) atoms. The van der Waals surface area contributed by atoms with Gasteiger partial charge in [0.15, 0.2) is 0 Å². The molecular formula is C14H12ClN2O3S-. The number of thiazole rings is 1. The summed E-state index contributed by atoms with van der Waals surface area (Å²) >= 11 is 7.14. The van der Waals surface area contributed by atoms with E-state index >= 15 is 0 Å². The van der Waals surface area contributed by atoms with Crippen molar-refractivity contribution in [1.82, 2.24) is 4.98 Å². The number of nitrogens with one attached hydrogen (secondary N) is 1. The highest BCUT2D eigenvalue weighted by molar-refractivity contribution is 7.09. The minimum atomic E-state index is -1.19. The largest absolute Gasteiger partial charge is 0.550 e. The summed E-state index contributed by atoms with van der Waals surface area (Å²) in [4.78, 5) is 26.5. The van der Waals surface area contributed by atoms with Crippen LogP contribution in [-0.2, 0) is 22.4 Å². The molecule has 0 aliphatic heterocycles. The number of amides is 1. The van der Waals surface area contributed by atoms with Crippen LogP contribution < -0.4 is 10.4 Å². The number of hydrogen-bond acceptors (Lipinski definition) is 5. The summed E-state index contributed by atoms with van der Waals surface area (Å²) in [6, 6.07) is 5.25. The van der Waals surface area contributed by atoms with E-state index in [1.54, 1.807) is 17.5 Å². The molecule has 2 rings (SSSR count). The maximum Gasteiger partial charge on any atom is 0.231 e. The van der Waals surface area contributed by atoms with Crippen molar-refractivity contribution in [2.24, 2.45) is 0 Å². The number of hydrogen-bond donors (Lipinski definition) is 1. The highest BCUT2D eigenvalue weighted by Crippen LogP contribution is 2.20. The van der Waals surface area contributed by atoms with Crippen molar-refractivity contribution < 1.29 is 14.7 Å². The summed E-state index contributed by atoms with van der Waals surface area (Å²) in [6.07, 6.45) is -0.158. The number of benzene rings is 1. The van der Waals surface area contributed by atoms with Crippen LogP contribution in [0, 0.1) is 6.92 Å². The van der Waals surface area contributed by atoms with E-state index in [0.29, 0.717) is 21.4 Å². The van der Waals surface area contributed by atoms with Gasteiger partial charge in [0.25, 0.3) is 0 Å². The van der Waals surface area contributed by atoms with Crippen LogP contribution in [0.5, 0.6) is 0 Å². The second-order valence-corrected chi connectivity index (χ2v) is 5.84. The molecule has 1 heterocycles. The molecule has 0 saturated heterocycles. The maximum absolute atomic E-state index is 12.0. The Morgan fingerprint density at radius 2 is 2.14 bits per heavy atom. The molecular weight excluding hydrogens is 312 g/mol. The fourth-order valence-corrected chi connectivity index (χ4v) is 2.68. The zero-order valence-corrected chi connectivity index (χ0v) is 12.8. The molecule has 0 bridgehead atoms. The Hall–Kier alpha value is -1.92. The first kappa shape index (κ1) is 15.5. The van der Waals surface area contributed by atoms with Crippen molar-refractivity contribution in [2.45, 2.75) is 19.8 Å². The molecule has 5 nitrogen and oxygen atoms in total. The van der Waals surface area contributed by atoms with Gasteiger partial charge in [-0.1, -0.05) is 17.7 Å². The zero-order chi connectivity index (χ0) is 15.4. The predicted molar refractivity (Wildman–Crippen MR) is 79.3 cm³/mol. The maximum atomic E-state index is 12.0. The van der Waals surface area contributed by atoms with Gasteiger partial charge in [-0.2, -0.15) is 0 Å². The lowest BCUT2D eigenvalue weighted by Gasteiger charge is -2.07. The topological polar surface area (TPSA) is 82.1 Å². The molecule has 0 aliphatic carbocycles. The quantitative estimate of drug-likeness (QED) is 0.905. The van der Waals surface area contributed by atoms with Crippen LogP contribution in [0.25, 0.3) is 0 Å². The van der Waals surface area contributed by atoms with Gasteiger partial charge < -0.3 is 15.2 Å². The third kappa shape index (κ3) is 4.54. The van der Waals surface area contributed by atoms with E-state index in [4.69, 9.17) is 11.6 Å². The Labute approximate surface area is 130 Å². The van der Waals surface area contributed by atoms with E-state index in [1.165, 1.54) is 11.3 Å². The molecule has 0 saturated carbocycles. The number of aliphatic carboxylic acids is 1. The Kier molecular flexibility index (Phi) is 4.93. The lowest BCUT2D eigenvalue weighted by Crippen LogP contribution is -2.24. The van der Waals surface area contributed by atoms with Crippen LogP contribution in [0.3, 0.4) is 0 Å². The van der Waals surface area contributed by atoms with Crippen LogP contribution >= 0.6 is 22.9 Å². The molecule has 0 aliphatic rings. The molecule has 1 amide bonds. The van der Waals surface area contributed by atoms with E-state index in [1.807, 2.05) is 13.0 Å². The molecule has 110 valence electrons. The van der Waals surface area contributed by atoms with Gasteiger partial charge in [0.2, 0.25) is 5.91 Å². The van der Waals surface area contributed by atoms with Crippen molar-refractivity contribution in [2.75, 3.05) is 5.32 Å². The van der Waals surface area contributed by atoms with Crippen LogP contribution in [0.15, 0.2) is 23.6 Å². The summed E-state index contributed by atoms with van der Waals surface area (Å²) in [7, 11) is 0. The average molecular weight is 324 g/mol. The SMILES string of the molecule is Cc1ccc(Cl)cc1NC(=O)Cc1nc(CC(=O)[O-])cs1. The van der Waals surface area contributed by atoms with E-state index in [0.717, 1.165) is 5.56 Å². The van der Waals surface area contributed by atoms with Gasteiger partial charge in [-0.25, -0.2) is 4.98 Å². The van der Waals surface area contributed by atoms with Gasteiger partial charge in [0.1, 0.15) is 5.01 Å². The summed E-state index contributed by atoms with van der Waals surface area (Å²) < 4.78 is 0. The second-order valence-electron chi connectivity index (χ2n) is 4.47. The molecule has 1 aromatic carbocycles. The minimum Gasteiger partial charge on any atom is -0.550 e. The van der Waals surface area contributed by atoms with Crippen LogP contribution in [0.1, 0.15) is 16.3 Å². The number of halogens is 1. The number of carboxylic acid groups (broad SMARTS) is 1. The summed E-state index contributed by atoms with van der Waals surface area (Å²) in [6.45, 7) is 1.87. The van der Waals surface area contributed by atoms with Crippen LogP contribution in [-0.4, -0.2) is 16.9 Å². The summed E-state index contributed by atoms with van der Waals surface area (Å²) in [5, 5.41) is 16.0. The first-order valence-electron chi connectivity index (χ1n) is 6.13. The third-order valence-electron chi connectivity index (χ3n) is 2.71. The van der Waals surface area contributed by atoms with Gasteiger partial charge in [0.05, 0.1) is 12.1 Å². The van der Waals surface area contributed by atoms with Crippen molar-refractivity contribution in [3.05, 3.63) is 44.9 Å². The number of anilines is 1. The number of carbonyl (C=O) groups excluding carboxylic acids is 2. The van der Waals surface area contributed by atoms with Gasteiger partial charge >= 0.3 is 0 Å². The van der Waals surface area contributed by atoms with Crippen molar-refractivity contribution in [1.29, 1.82) is 0 Å². The Morgan fingerprint density at radius 3 is 2.86 bits per heavy atom. The lowest BCUT2D eigenvalue weighted by molar-refractivity contribution is -0.304. The highest BCUT2D eigenvalue weighted by atomic mass is 35.5. The third-order valence-corrected chi connectivity index (χ3v) is 3.84. The zero-order valence-electron chi connectivity index (χ0n) is 11.2. The van der Waals surface area contributed by atoms with Crippen molar-refractivity contribution in [3.63, 3.8) is 0 Å². The van der Waals surface area contributed by atoms with Crippen LogP contribution in [0.2, 0.25) is 5.02 Å². The number of aromatic nitrogens is 1. The first-order chi connectivity index (χ1) is 9.94. The lowest BCUT2D eigenvalue weighted by atomic mass is 10.2. The first-order valence-corrected chi connectivity index (χ1v) is 7.39. The molecule has 0 spiro atoms. The standard InChI is InChI=1S/C14H13ClN2O3S/c1-8-2-3-9(15)4-11(8)17-12(18)6-13-16-10(7-21-13)5-14(19)20/h2-4,7H,5-6H2,1H3,(H,17,18)(H,19,20)/p-1. The Morgan fingerprint density at radius 1 is 1.38 bits per heavy atom. The predicted octanol–water partition coefficient (Wildman–Crippen LogP) is 1.58. The number of carboxylic acids is 1. The molecule has 2 aromatic rings. The van der Waals surface area contributed by atoms with Gasteiger partial charge in [-0.05, 0) is 24.6 Å². The molecule has 0 atom stereocenters. The molecule has 0 fully saturated rings. The fraction of sp³-hybridized carbons (Fsp3) is 0.214. The minimum absolute atomic E-state index is 0.0870. The molecule has 1 N–H and O–H groups in total. The Bertz CT molecular complexity index is 685. The number of nitrogens with zero attached hydrogens (tertiary/aromatic N) is 1. The van der Waals surface area contributed by atoms with Crippen molar-refractivity contribution in [3.8, 4) is 0 Å². The van der Waals surface area contributed by atoms with Crippen LogP contribution in [0.4, 0.5) is 5.69 Å². The second kappa shape index (κ2) is 6.69. The van der Waals surface area contributed by atoms with E-state index in [-0.39, 0.29) is 18.7 Å². The number of aryl methyl sites for hydroxylation is 1. The fourth-order valence-electron chi connectivity index (χ4n) is 1.72. The Balaban J connectivity index is 2.00. The highest BCUT2D eigenvalue weighted by Gasteiger charge is 2.10. The number of rotatable bonds is 5. The molecule has 7 heteroatoms. The molecule has 0 unspecified atom stereocenters. The summed E-state index contributed by atoms with van der Waals surface area (Å²) in [5.41, 5.74) is 1.96. The molecule has 0 radical (unpaired) electrons. The average Bonchev–Trinajstić information content (AvgIpc) is 2.80. The van der Waals surface area contributed by atoms with E-state index < -0.39 is 5.97 Å². The van der Waals surface area contributed by atoms with E-state index in [9.17, 15) is 14.7 Å². The van der Waals surface area contributed by atoms with Gasteiger partial charge in [-0.15, -0.1) is 11.3 Å². The van der Waals surface area contributed by atoms with Gasteiger partial charge in [-0.3, -0.25) is 4.79 Å². The van der Waals surface area contributed by atoms with Gasteiger partial charge in [0, 0.05) is 28.5 Å².